The maximum Gasteiger partial charge on any atom is 0.0977 e. The average molecular weight is 315 g/mol. The van der Waals surface area contributed by atoms with Crippen molar-refractivity contribution < 1.29 is 0 Å². The summed E-state index contributed by atoms with van der Waals surface area (Å²) in [4.78, 5) is 4.71. The molecular formula is C17H15ClN2S. The van der Waals surface area contributed by atoms with Crippen LogP contribution in [-0.2, 0) is 13.0 Å². The van der Waals surface area contributed by atoms with Crippen LogP contribution in [0.1, 0.15) is 16.1 Å². The van der Waals surface area contributed by atoms with Gasteiger partial charge in [-0.25, -0.2) is 4.98 Å². The second-order valence-corrected chi connectivity index (χ2v) is 6.15. The molecule has 0 aliphatic heterocycles. The summed E-state index contributed by atoms with van der Waals surface area (Å²) in [5.41, 5.74) is 10.0. The molecule has 0 aliphatic rings. The van der Waals surface area contributed by atoms with Crippen molar-refractivity contribution in [3.8, 4) is 11.3 Å². The first-order valence-corrected chi connectivity index (χ1v) is 7.99. The summed E-state index contributed by atoms with van der Waals surface area (Å²) < 4.78 is 0. The molecule has 0 spiro atoms. The Balaban J connectivity index is 1.85. The van der Waals surface area contributed by atoms with Crippen LogP contribution in [0.5, 0.6) is 0 Å². The van der Waals surface area contributed by atoms with Gasteiger partial charge in [-0.3, -0.25) is 0 Å². The van der Waals surface area contributed by atoms with Gasteiger partial charge in [0.15, 0.2) is 0 Å². The molecule has 0 saturated carbocycles. The molecule has 0 fully saturated rings. The molecule has 1 heterocycles. The van der Waals surface area contributed by atoms with Gasteiger partial charge in [-0.05, 0) is 23.3 Å². The highest BCUT2D eigenvalue weighted by atomic mass is 35.5. The number of nitrogens with zero attached hydrogens (tertiary/aromatic N) is 1. The quantitative estimate of drug-likeness (QED) is 0.769. The second-order valence-electron chi connectivity index (χ2n) is 4.80. The molecule has 0 amide bonds. The van der Waals surface area contributed by atoms with Crippen molar-refractivity contribution in [3.63, 3.8) is 0 Å². The SMILES string of the molecule is NCc1cccc(-c2csc(Cc3ccccc3Cl)n2)c1. The minimum absolute atomic E-state index is 0.546. The third kappa shape index (κ3) is 3.32. The first kappa shape index (κ1) is 14.3. The summed E-state index contributed by atoms with van der Waals surface area (Å²) in [6.07, 6.45) is 0.765. The fourth-order valence-electron chi connectivity index (χ4n) is 2.19. The van der Waals surface area contributed by atoms with E-state index in [1.807, 2.05) is 36.4 Å². The van der Waals surface area contributed by atoms with Crippen LogP contribution in [-0.4, -0.2) is 4.98 Å². The van der Waals surface area contributed by atoms with Crippen molar-refractivity contribution in [1.82, 2.24) is 4.98 Å². The lowest BCUT2D eigenvalue weighted by atomic mass is 10.1. The van der Waals surface area contributed by atoms with Gasteiger partial charge in [0.1, 0.15) is 0 Å². The smallest absolute Gasteiger partial charge is 0.0977 e. The number of halogens is 1. The van der Waals surface area contributed by atoms with Gasteiger partial charge in [-0.1, -0.05) is 48.0 Å². The van der Waals surface area contributed by atoms with Gasteiger partial charge in [-0.2, -0.15) is 0 Å². The van der Waals surface area contributed by atoms with Gasteiger partial charge in [0, 0.05) is 28.9 Å². The van der Waals surface area contributed by atoms with Crippen LogP contribution in [0.4, 0.5) is 0 Å². The summed E-state index contributed by atoms with van der Waals surface area (Å²) in [7, 11) is 0. The van der Waals surface area contributed by atoms with Crippen molar-refractivity contribution in [2.24, 2.45) is 5.73 Å². The lowest BCUT2D eigenvalue weighted by Crippen LogP contribution is -1.95. The van der Waals surface area contributed by atoms with E-state index >= 15 is 0 Å². The van der Waals surface area contributed by atoms with Crippen molar-refractivity contribution in [2.45, 2.75) is 13.0 Å². The van der Waals surface area contributed by atoms with E-state index in [0.29, 0.717) is 6.54 Å². The molecule has 2 aromatic carbocycles. The number of hydrogen-bond donors (Lipinski definition) is 1. The lowest BCUT2D eigenvalue weighted by molar-refractivity contribution is 1.07. The fourth-order valence-corrected chi connectivity index (χ4v) is 3.22. The fraction of sp³-hybridized carbons (Fsp3) is 0.118. The third-order valence-electron chi connectivity index (χ3n) is 3.31. The average Bonchev–Trinajstić information content (AvgIpc) is 2.98. The molecule has 0 aliphatic carbocycles. The number of nitrogens with two attached hydrogens (primary N) is 1. The molecule has 2 nitrogen and oxygen atoms in total. The van der Waals surface area contributed by atoms with Crippen molar-refractivity contribution >= 4 is 22.9 Å². The zero-order chi connectivity index (χ0) is 14.7. The Kier molecular flexibility index (Phi) is 4.34. The van der Waals surface area contributed by atoms with Gasteiger partial charge < -0.3 is 5.73 Å². The Labute approximate surface area is 133 Å². The zero-order valence-electron chi connectivity index (χ0n) is 11.4. The molecule has 0 radical (unpaired) electrons. The molecule has 3 aromatic rings. The van der Waals surface area contributed by atoms with E-state index in [1.54, 1.807) is 11.3 Å². The maximum atomic E-state index is 6.20. The van der Waals surface area contributed by atoms with Crippen molar-refractivity contribution in [3.05, 3.63) is 75.1 Å². The molecular weight excluding hydrogens is 300 g/mol. The Morgan fingerprint density at radius 2 is 1.95 bits per heavy atom. The molecule has 2 N–H and O–H groups in total. The summed E-state index contributed by atoms with van der Waals surface area (Å²) >= 11 is 7.86. The molecule has 0 unspecified atom stereocenters. The number of hydrogen-bond acceptors (Lipinski definition) is 3. The highest BCUT2D eigenvalue weighted by Crippen LogP contribution is 2.26. The summed E-state index contributed by atoms with van der Waals surface area (Å²) in [6, 6.07) is 16.1. The van der Waals surface area contributed by atoms with Crippen LogP contribution in [0, 0.1) is 0 Å². The Hall–Kier alpha value is -1.68. The monoisotopic (exact) mass is 314 g/mol. The van der Waals surface area contributed by atoms with Gasteiger partial charge in [0.25, 0.3) is 0 Å². The molecule has 21 heavy (non-hydrogen) atoms. The van der Waals surface area contributed by atoms with E-state index in [4.69, 9.17) is 22.3 Å². The van der Waals surface area contributed by atoms with Gasteiger partial charge in [-0.15, -0.1) is 11.3 Å². The Morgan fingerprint density at radius 3 is 2.76 bits per heavy atom. The lowest BCUT2D eigenvalue weighted by Gasteiger charge is -2.01. The van der Waals surface area contributed by atoms with Crippen LogP contribution in [0.15, 0.2) is 53.9 Å². The van der Waals surface area contributed by atoms with Gasteiger partial charge in [0.2, 0.25) is 0 Å². The van der Waals surface area contributed by atoms with E-state index in [1.165, 1.54) is 0 Å². The van der Waals surface area contributed by atoms with E-state index < -0.39 is 0 Å². The largest absolute Gasteiger partial charge is 0.326 e. The molecule has 106 valence electrons. The molecule has 0 bridgehead atoms. The van der Waals surface area contributed by atoms with Gasteiger partial charge in [0.05, 0.1) is 10.7 Å². The molecule has 0 atom stereocenters. The summed E-state index contributed by atoms with van der Waals surface area (Å²) in [5.74, 6) is 0. The van der Waals surface area contributed by atoms with Crippen LogP contribution >= 0.6 is 22.9 Å². The number of aromatic nitrogens is 1. The topological polar surface area (TPSA) is 38.9 Å². The Morgan fingerprint density at radius 1 is 1.10 bits per heavy atom. The molecule has 3 rings (SSSR count). The van der Waals surface area contributed by atoms with Crippen LogP contribution in [0.2, 0.25) is 5.02 Å². The van der Waals surface area contributed by atoms with E-state index in [0.717, 1.165) is 38.8 Å². The second kappa shape index (κ2) is 6.39. The predicted molar refractivity (Wildman–Crippen MR) is 89.7 cm³/mol. The van der Waals surface area contributed by atoms with Crippen LogP contribution in [0.3, 0.4) is 0 Å². The van der Waals surface area contributed by atoms with Crippen molar-refractivity contribution in [2.75, 3.05) is 0 Å². The highest BCUT2D eigenvalue weighted by Gasteiger charge is 2.07. The normalized spacial score (nSPS) is 10.8. The Bertz CT molecular complexity index is 752. The van der Waals surface area contributed by atoms with E-state index in [9.17, 15) is 0 Å². The third-order valence-corrected chi connectivity index (χ3v) is 4.53. The number of thiazole rings is 1. The standard InChI is InChI=1S/C17H15ClN2S/c18-15-7-2-1-5-13(15)9-17-20-16(11-21-17)14-6-3-4-12(8-14)10-19/h1-8,11H,9-10,19H2. The molecule has 4 heteroatoms. The minimum atomic E-state index is 0.546. The van der Waals surface area contributed by atoms with Crippen molar-refractivity contribution in [1.29, 1.82) is 0 Å². The van der Waals surface area contributed by atoms with E-state index in [2.05, 4.69) is 17.5 Å². The molecule has 1 aromatic heterocycles. The maximum absolute atomic E-state index is 6.20. The van der Waals surface area contributed by atoms with E-state index in [-0.39, 0.29) is 0 Å². The minimum Gasteiger partial charge on any atom is -0.326 e. The highest BCUT2D eigenvalue weighted by molar-refractivity contribution is 7.10. The zero-order valence-corrected chi connectivity index (χ0v) is 13.0. The summed E-state index contributed by atoms with van der Waals surface area (Å²) in [5, 5.41) is 3.94. The number of rotatable bonds is 4. The predicted octanol–water partition coefficient (Wildman–Crippen LogP) is 4.51. The van der Waals surface area contributed by atoms with Gasteiger partial charge >= 0.3 is 0 Å². The molecule has 0 saturated heterocycles. The number of benzene rings is 2. The van der Waals surface area contributed by atoms with Crippen LogP contribution in [0.25, 0.3) is 11.3 Å². The first-order valence-electron chi connectivity index (χ1n) is 6.73. The summed E-state index contributed by atoms with van der Waals surface area (Å²) in [6.45, 7) is 0.546. The van der Waals surface area contributed by atoms with Crippen LogP contribution < -0.4 is 5.73 Å². The first-order chi connectivity index (χ1) is 10.3.